The third-order valence-corrected chi connectivity index (χ3v) is 3.71. The molecule has 1 atom stereocenters. The lowest BCUT2D eigenvalue weighted by Crippen LogP contribution is -2.18. The van der Waals surface area contributed by atoms with Gasteiger partial charge in [0.25, 0.3) is 0 Å². The van der Waals surface area contributed by atoms with Crippen LogP contribution < -0.4 is 5.32 Å². The number of esters is 1. The van der Waals surface area contributed by atoms with Crippen LogP contribution in [0.5, 0.6) is 0 Å². The van der Waals surface area contributed by atoms with E-state index in [2.05, 4.69) is 10.4 Å². The molecular weight excluding hydrogens is 290 g/mol. The smallest absolute Gasteiger partial charge is 0.337 e. The third kappa shape index (κ3) is 2.52. The van der Waals surface area contributed by atoms with Crippen molar-refractivity contribution in [3.63, 3.8) is 0 Å². The van der Waals surface area contributed by atoms with E-state index in [9.17, 15) is 4.79 Å². The standard InChI is InChI=1S/C15H14ClN3O2/c1-2-21-15(20)12-9-17-13-5-4-10(8-11(13)14(12)16)19-7-3-6-18-19/h3-9,14,17H,2H2,1H3. The Kier molecular flexibility index (Phi) is 3.66. The van der Waals surface area contributed by atoms with Crippen LogP contribution in [0.15, 0.2) is 48.4 Å². The Morgan fingerprint density at radius 2 is 2.38 bits per heavy atom. The Morgan fingerprint density at radius 3 is 3.10 bits per heavy atom. The molecule has 1 aliphatic heterocycles. The molecule has 5 nitrogen and oxygen atoms in total. The predicted molar refractivity (Wildman–Crippen MR) is 80.5 cm³/mol. The van der Waals surface area contributed by atoms with Crippen molar-refractivity contribution in [2.24, 2.45) is 0 Å². The number of fused-ring (bicyclic) bond motifs is 1. The van der Waals surface area contributed by atoms with Gasteiger partial charge in [-0.3, -0.25) is 0 Å². The van der Waals surface area contributed by atoms with Crippen LogP contribution in [-0.4, -0.2) is 22.4 Å². The number of rotatable bonds is 3. The number of alkyl halides is 1. The fourth-order valence-corrected chi connectivity index (χ4v) is 2.56. The van der Waals surface area contributed by atoms with Crippen LogP contribution in [0, 0.1) is 0 Å². The van der Waals surface area contributed by atoms with Gasteiger partial charge in [-0.05, 0) is 31.2 Å². The highest BCUT2D eigenvalue weighted by atomic mass is 35.5. The minimum Gasteiger partial charge on any atom is -0.463 e. The molecule has 21 heavy (non-hydrogen) atoms. The molecule has 1 aromatic heterocycles. The van der Waals surface area contributed by atoms with Gasteiger partial charge in [0.05, 0.1) is 23.2 Å². The highest BCUT2D eigenvalue weighted by Crippen LogP contribution is 2.38. The molecule has 1 aromatic carbocycles. The molecule has 0 bridgehead atoms. The summed E-state index contributed by atoms with van der Waals surface area (Å²) in [5.74, 6) is -0.403. The number of nitrogens with zero attached hydrogens (tertiary/aromatic N) is 2. The lowest BCUT2D eigenvalue weighted by atomic mass is 9.99. The van der Waals surface area contributed by atoms with Crippen LogP contribution in [-0.2, 0) is 9.53 Å². The highest BCUT2D eigenvalue weighted by Gasteiger charge is 2.27. The fraction of sp³-hybridized carbons (Fsp3) is 0.200. The average Bonchev–Trinajstić information content (AvgIpc) is 3.02. The monoisotopic (exact) mass is 303 g/mol. The van der Waals surface area contributed by atoms with Crippen LogP contribution in [0.1, 0.15) is 17.9 Å². The van der Waals surface area contributed by atoms with Crippen LogP contribution in [0.4, 0.5) is 5.69 Å². The summed E-state index contributed by atoms with van der Waals surface area (Å²) in [6.07, 6.45) is 5.16. The maximum atomic E-state index is 11.9. The lowest BCUT2D eigenvalue weighted by Gasteiger charge is -2.23. The zero-order valence-corrected chi connectivity index (χ0v) is 12.2. The van der Waals surface area contributed by atoms with Crippen molar-refractivity contribution in [1.82, 2.24) is 9.78 Å². The number of benzene rings is 1. The number of nitrogens with one attached hydrogen (secondary N) is 1. The van der Waals surface area contributed by atoms with E-state index in [1.165, 1.54) is 0 Å². The molecule has 0 spiro atoms. The summed E-state index contributed by atoms with van der Waals surface area (Å²) in [4.78, 5) is 11.9. The van der Waals surface area contributed by atoms with Gasteiger partial charge in [0.2, 0.25) is 0 Å². The SMILES string of the molecule is CCOC(=O)C1=CNc2ccc(-n3cccn3)cc2C1Cl. The second-order valence-corrected chi connectivity index (χ2v) is 4.99. The summed E-state index contributed by atoms with van der Waals surface area (Å²) in [5.41, 5.74) is 2.99. The van der Waals surface area contributed by atoms with E-state index in [1.54, 1.807) is 24.0 Å². The Labute approximate surface area is 127 Å². The number of hydrogen-bond acceptors (Lipinski definition) is 4. The molecule has 3 rings (SSSR count). The average molecular weight is 304 g/mol. The maximum Gasteiger partial charge on any atom is 0.337 e. The first kappa shape index (κ1) is 13.7. The first-order valence-electron chi connectivity index (χ1n) is 6.62. The zero-order valence-electron chi connectivity index (χ0n) is 11.4. The lowest BCUT2D eigenvalue weighted by molar-refractivity contribution is -0.138. The molecule has 1 N–H and O–H groups in total. The second-order valence-electron chi connectivity index (χ2n) is 4.55. The van der Waals surface area contributed by atoms with Gasteiger partial charge >= 0.3 is 5.97 Å². The predicted octanol–water partition coefficient (Wildman–Crippen LogP) is 3.02. The highest BCUT2D eigenvalue weighted by molar-refractivity contribution is 6.26. The van der Waals surface area contributed by atoms with Crippen molar-refractivity contribution in [3.05, 3.63) is 54.0 Å². The van der Waals surface area contributed by atoms with Crippen molar-refractivity contribution < 1.29 is 9.53 Å². The molecule has 108 valence electrons. The largest absolute Gasteiger partial charge is 0.463 e. The summed E-state index contributed by atoms with van der Waals surface area (Å²) in [5, 5.41) is 6.72. The molecular formula is C15H14ClN3O2. The van der Waals surface area contributed by atoms with E-state index in [4.69, 9.17) is 16.3 Å². The molecule has 1 aliphatic rings. The Hall–Kier alpha value is -2.27. The number of ether oxygens (including phenoxy) is 1. The van der Waals surface area contributed by atoms with E-state index >= 15 is 0 Å². The first-order chi connectivity index (χ1) is 10.2. The van der Waals surface area contributed by atoms with Crippen LogP contribution >= 0.6 is 11.6 Å². The van der Waals surface area contributed by atoms with Crippen LogP contribution in [0.2, 0.25) is 0 Å². The number of hydrogen-bond donors (Lipinski definition) is 1. The van der Waals surface area contributed by atoms with Gasteiger partial charge in [-0.15, -0.1) is 11.6 Å². The molecule has 2 heterocycles. The van der Waals surface area contributed by atoms with Crippen LogP contribution in [0.25, 0.3) is 5.69 Å². The molecule has 0 radical (unpaired) electrons. The van der Waals surface area contributed by atoms with Crippen LogP contribution in [0.3, 0.4) is 0 Å². The summed E-state index contributed by atoms with van der Waals surface area (Å²) >= 11 is 6.44. The summed E-state index contributed by atoms with van der Waals surface area (Å²) in [6, 6.07) is 7.62. The second kappa shape index (κ2) is 5.61. The maximum absolute atomic E-state index is 11.9. The topological polar surface area (TPSA) is 56.1 Å². The Morgan fingerprint density at radius 1 is 1.52 bits per heavy atom. The van der Waals surface area contributed by atoms with Crippen molar-refractivity contribution in [3.8, 4) is 5.69 Å². The van der Waals surface area contributed by atoms with Gasteiger partial charge in [-0.1, -0.05) is 0 Å². The van der Waals surface area contributed by atoms with Gasteiger partial charge in [-0.2, -0.15) is 5.10 Å². The summed E-state index contributed by atoms with van der Waals surface area (Å²) in [6.45, 7) is 2.09. The van der Waals surface area contributed by atoms with E-state index in [1.807, 2.05) is 30.5 Å². The Bertz CT molecular complexity index is 695. The van der Waals surface area contributed by atoms with E-state index in [0.29, 0.717) is 12.2 Å². The molecule has 0 fully saturated rings. The van der Waals surface area contributed by atoms with Gasteiger partial charge < -0.3 is 10.1 Å². The molecule has 0 amide bonds. The molecule has 2 aromatic rings. The number of carbonyl (C=O) groups is 1. The Balaban J connectivity index is 1.95. The molecule has 0 aliphatic carbocycles. The van der Waals surface area contributed by atoms with Gasteiger partial charge in [-0.25, -0.2) is 9.48 Å². The van der Waals surface area contributed by atoms with Crippen molar-refractivity contribution in [2.45, 2.75) is 12.3 Å². The molecule has 0 saturated carbocycles. The summed E-state index contributed by atoms with van der Waals surface area (Å²) in [7, 11) is 0. The van der Waals surface area contributed by atoms with Gasteiger partial charge in [0.15, 0.2) is 0 Å². The summed E-state index contributed by atoms with van der Waals surface area (Å²) < 4.78 is 6.76. The molecule has 0 saturated heterocycles. The number of halogens is 1. The minimum absolute atomic E-state index is 0.319. The van der Waals surface area contributed by atoms with Gasteiger partial charge in [0.1, 0.15) is 0 Å². The number of carbonyl (C=O) groups excluding carboxylic acids is 1. The van der Waals surface area contributed by atoms with E-state index in [-0.39, 0.29) is 0 Å². The number of anilines is 1. The molecule has 1 unspecified atom stereocenters. The zero-order chi connectivity index (χ0) is 14.8. The normalized spacial score (nSPS) is 16.7. The fourth-order valence-electron chi connectivity index (χ4n) is 2.23. The third-order valence-electron chi connectivity index (χ3n) is 3.24. The minimum atomic E-state index is -0.546. The van der Waals surface area contributed by atoms with Crippen molar-refractivity contribution in [2.75, 3.05) is 11.9 Å². The van der Waals surface area contributed by atoms with Crippen molar-refractivity contribution in [1.29, 1.82) is 0 Å². The molecule has 6 heteroatoms. The quantitative estimate of drug-likeness (QED) is 0.699. The van der Waals surface area contributed by atoms with E-state index in [0.717, 1.165) is 16.9 Å². The van der Waals surface area contributed by atoms with Gasteiger partial charge in [0, 0.05) is 29.8 Å². The first-order valence-corrected chi connectivity index (χ1v) is 7.06. The van der Waals surface area contributed by atoms with E-state index < -0.39 is 11.3 Å². The van der Waals surface area contributed by atoms with Crippen molar-refractivity contribution >= 4 is 23.3 Å². The number of aromatic nitrogens is 2.